The fraction of sp³-hybridized carbons (Fsp3) is 0.259. The molecule has 1 atom stereocenters. The lowest BCUT2D eigenvalue weighted by Gasteiger charge is -2.23. The van der Waals surface area contributed by atoms with Gasteiger partial charge in [-0.3, -0.25) is 10.2 Å². The first-order valence-corrected chi connectivity index (χ1v) is 12.5. The number of carbonyl (C=O) groups excluding carboxylic acids is 1. The zero-order valence-electron chi connectivity index (χ0n) is 19.8. The molecule has 0 unspecified atom stereocenters. The molecular weight excluding hydrogens is 548 g/mol. The molecule has 1 heterocycles. The van der Waals surface area contributed by atoms with Crippen LogP contribution in [0.3, 0.4) is 0 Å². The number of aliphatic hydroxyl groups is 1. The van der Waals surface area contributed by atoms with Gasteiger partial charge in [-0.05, 0) is 54.1 Å². The van der Waals surface area contributed by atoms with E-state index in [1.807, 2.05) is 24.3 Å². The van der Waals surface area contributed by atoms with Gasteiger partial charge in [0.1, 0.15) is 24.0 Å². The summed E-state index contributed by atoms with van der Waals surface area (Å²) in [6.45, 7) is 0.186. The summed E-state index contributed by atoms with van der Waals surface area (Å²) in [7, 11) is 0. The quantitative estimate of drug-likeness (QED) is 0.237. The summed E-state index contributed by atoms with van der Waals surface area (Å²) in [5, 5.41) is 8.90. The summed E-state index contributed by atoms with van der Waals surface area (Å²) >= 11 is 3.41. The number of nitrogens with one attached hydrogen (secondary N) is 2. The van der Waals surface area contributed by atoms with Crippen LogP contribution in [0.25, 0.3) is 0 Å². The lowest BCUT2D eigenvalue weighted by Crippen LogP contribution is -2.52. The van der Waals surface area contributed by atoms with Crippen LogP contribution in [0.5, 0.6) is 5.75 Å². The maximum atomic E-state index is 14.0. The van der Waals surface area contributed by atoms with E-state index in [2.05, 4.69) is 31.8 Å². The Labute approximate surface area is 221 Å². The molecule has 0 bridgehead atoms. The highest BCUT2D eigenvalue weighted by atomic mass is 79.9. The lowest BCUT2D eigenvalue weighted by atomic mass is 9.91. The number of ether oxygens (including phenoxy) is 2. The molecule has 0 fully saturated rings. The molecule has 4 rings (SSSR count). The smallest absolute Gasteiger partial charge is 0.266 e. The Morgan fingerprint density at radius 2 is 1.78 bits per heavy atom. The van der Waals surface area contributed by atoms with Crippen LogP contribution in [-0.4, -0.2) is 42.3 Å². The van der Waals surface area contributed by atoms with Gasteiger partial charge in [-0.2, -0.15) is 0 Å². The van der Waals surface area contributed by atoms with Crippen LogP contribution >= 0.6 is 15.9 Å². The summed E-state index contributed by atoms with van der Waals surface area (Å²) in [5.41, 5.74) is 5.21. The molecule has 10 heteroatoms. The second-order valence-corrected chi connectivity index (χ2v) is 9.41. The Kier molecular flexibility index (Phi) is 8.86. The molecule has 0 saturated carbocycles. The van der Waals surface area contributed by atoms with Crippen molar-refractivity contribution in [3.63, 3.8) is 0 Å². The van der Waals surface area contributed by atoms with E-state index in [1.54, 1.807) is 24.3 Å². The summed E-state index contributed by atoms with van der Waals surface area (Å²) in [6, 6.07) is 18.2. The first-order chi connectivity index (χ1) is 17.9. The van der Waals surface area contributed by atoms with Crippen molar-refractivity contribution in [3.8, 4) is 5.75 Å². The third-order valence-electron chi connectivity index (χ3n) is 5.80. The number of hydrogen-bond donors (Lipinski definition) is 3. The van der Waals surface area contributed by atoms with Crippen LogP contribution in [0.2, 0.25) is 0 Å². The van der Waals surface area contributed by atoms with Gasteiger partial charge in [-0.15, -0.1) is 0 Å². The Hall–Kier alpha value is -3.34. The van der Waals surface area contributed by atoms with Gasteiger partial charge in [0.2, 0.25) is 5.90 Å². The van der Waals surface area contributed by atoms with E-state index in [0.717, 1.165) is 22.2 Å². The van der Waals surface area contributed by atoms with Crippen molar-refractivity contribution in [2.45, 2.75) is 24.9 Å². The van der Waals surface area contributed by atoms with Crippen molar-refractivity contribution in [3.05, 3.63) is 99.5 Å². The Balaban J connectivity index is 1.52. The van der Waals surface area contributed by atoms with E-state index >= 15 is 0 Å². The minimum absolute atomic E-state index is 0.0191. The standard InChI is InChI=1S/C27H26BrF2N3O4/c28-20-9-5-18(6-10-20)15-27(26(35)33-31-16-22-23(29)3-1-4-24(22)30)17-37-25(32-27)19-7-11-21(12-8-19)36-14-2-13-34/h1,3-12,31,34H,2,13-17H2,(H,33,35)/t27-/m0/s1. The summed E-state index contributed by atoms with van der Waals surface area (Å²) in [4.78, 5) is 18.1. The van der Waals surface area contributed by atoms with Crippen molar-refractivity contribution in [1.82, 2.24) is 10.9 Å². The average molecular weight is 574 g/mol. The van der Waals surface area contributed by atoms with E-state index in [0.29, 0.717) is 30.2 Å². The second-order valence-electron chi connectivity index (χ2n) is 8.50. The molecule has 3 aromatic carbocycles. The third kappa shape index (κ3) is 6.71. The molecule has 194 valence electrons. The molecule has 1 aliphatic heterocycles. The molecule has 0 saturated heterocycles. The number of carbonyl (C=O) groups is 1. The largest absolute Gasteiger partial charge is 0.494 e. The Morgan fingerprint density at radius 1 is 1.08 bits per heavy atom. The molecule has 0 radical (unpaired) electrons. The summed E-state index contributed by atoms with van der Waals surface area (Å²) in [5.74, 6) is -0.973. The number of nitrogens with zero attached hydrogens (tertiary/aromatic N) is 1. The van der Waals surface area contributed by atoms with Crippen LogP contribution < -0.4 is 15.6 Å². The van der Waals surface area contributed by atoms with Crippen LogP contribution in [0, 0.1) is 11.6 Å². The molecule has 1 aliphatic rings. The van der Waals surface area contributed by atoms with Crippen molar-refractivity contribution < 1.29 is 28.2 Å². The first kappa shape index (κ1) is 26.7. The van der Waals surface area contributed by atoms with Crippen molar-refractivity contribution in [2.24, 2.45) is 4.99 Å². The number of benzene rings is 3. The highest BCUT2D eigenvalue weighted by Crippen LogP contribution is 2.28. The highest BCUT2D eigenvalue weighted by Gasteiger charge is 2.44. The molecule has 3 N–H and O–H groups in total. The third-order valence-corrected chi connectivity index (χ3v) is 6.33. The van der Waals surface area contributed by atoms with E-state index in [1.165, 1.54) is 6.07 Å². The van der Waals surface area contributed by atoms with E-state index in [4.69, 9.17) is 14.6 Å². The topological polar surface area (TPSA) is 92.2 Å². The van der Waals surface area contributed by atoms with Crippen LogP contribution in [0.1, 0.15) is 23.1 Å². The molecule has 3 aromatic rings. The molecule has 7 nitrogen and oxygen atoms in total. The van der Waals surface area contributed by atoms with Gasteiger partial charge in [0.25, 0.3) is 5.91 Å². The number of hydrogen-bond acceptors (Lipinski definition) is 6. The van der Waals surface area contributed by atoms with Gasteiger partial charge in [0, 0.05) is 41.6 Å². The average Bonchev–Trinajstić information content (AvgIpc) is 3.33. The minimum Gasteiger partial charge on any atom is -0.494 e. The number of rotatable bonds is 11. The highest BCUT2D eigenvalue weighted by molar-refractivity contribution is 9.10. The van der Waals surface area contributed by atoms with Crippen molar-refractivity contribution >= 4 is 27.7 Å². The number of aliphatic imine (C=N–C) groups is 1. The first-order valence-electron chi connectivity index (χ1n) is 11.7. The maximum Gasteiger partial charge on any atom is 0.266 e. The van der Waals surface area contributed by atoms with Crippen LogP contribution in [-0.2, 0) is 22.5 Å². The Morgan fingerprint density at radius 3 is 2.46 bits per heavy atom. The van der Waals surface area contributed by atoms with E-state index in [9.17, 15) is 13.6 Å². The second kappa shape index (κ2) is 12.3. The number of hydrazine groups is 1. The van der Waals surface area contributed by atoms with Gasteiger partial charge in [0.15, 0.2) is 5.54 Å². The predicted octanol–water partition coefficient (Wildman–Crippen LogP) is 4.07. The van der Waals surface area contributed by atoms with E-state index in [-0.39, 0.29) is 31.7 Å². The molecular formula is C27H26BrF2N3O4. The monoisotopic (exact) mass is 573 g/mol. The molecule has 0 aromatic heterocycles. The molecule has 0 aliphatic carbocycles. The number of halogens is 3. The fourth-order valence-corrected chi connectivity index (χ4v) is 4.06. The van der Waals surface area contributed by atoms with Gasteiger partial charge in [-0.25, -0.2) is 19.2 Å². The predicted molar refractivity (Wildman–Crippen MR) is 138 cm³/mol. The van der Waals surface area contributed by atoms with Crippen molar-refractivity contribution in [1.29, 1.82) is 0 Å². The molecule has 0 spiro atoms. The maximum absolute atomic E-state index is 14.0. The van der Waals surface area contributed by atoms with Crippen molar-refractivity contribution in [2.75, 3.05) is 19.8 Å². The van der Waals surface area contributed by atoms with Gasteiger partial charge in [-0.1, -0.05) is 34.1 Å². The van der Waals surface area contributed by atoms with Gasteiger partial charge in [0.05, 0.1) is 6.61 Å². The van der Waals surface area contributed by atoms with Crippen LogP contribution in [0.4, 0.5) is 8.78 Å². The van der Waals surface area contributed by atoms with Crippen LogP contribution in [0.15, 0.2) is 76.2 Å². The summed E-state index contributed by atoms with van der Waals surface area (Å²) < 4.78 is 40.3. The van der Waals surface area contributed by atoms with Gasteiger partial charge >= 0.3 is 0 Å². The summed E-state index contributed by atoms with van der Waals surface area (Å²) in [6.07, 6.45) is 0.774. The minimum atomic E-state index is -1.31. The zero-order chi connectivity index (χ0) is 26.3. The Bertz CT molecular complexity index is 1240. The van der Waals surface area contributed by atoms with E-state index < -0.39 is 23.1 Å². The van der Waals surface area contributed by atoms with Gasteiger partial charge < -0.3 is 14.6 Å². The number of aliphatic hydroxyl groups excluding tert-OH is 1. The molecule has 37 heavy (non-hydrogen) atoms. The zero-order valence-corrected chi connectivity index (χ0v) is 21.4. The SMILES string of the molecule is O=C(NNCc1c(F)cccc1F)[C@]1(Cc2ccc(Br)cc2)COC(c2ccc(OCCCO)cc2)=N1. The molecule has 1 amide bonds. The lowest BCUT2D eigenvalue weighted by molar-refractivity contribution is -0.127. The number of amides is 1. The normalized spacial score (nSPS) is 16.7. The fourth-order valence-electron chi connectivity index (χ4n) is 3.80.